The molecular formula is C22H23N3O7S. The highest BCUT2D eigenvalue weighted by molar-refractivity contribution is 7.99. The van der Waals surface area contributed by atoms with Crippen molar-refractivity contribution in [1.82, 2.24) is 5.32 Å². The molecule has 0 spiro atoms. The molecule has 3 rings (SSSR count). The number of thioether (sulfide) groups is 1. The Morgan fingerprint density at radius 3 is 2.52 bits per heavy atom. The molecule has 2 aromatic carbocycles. The quantitative estimate of drug-likeness (QED) is 0.253. The number of hydrogen-bond donors (Lipinski definition) is 1. The summed E-state index contributed by atoms with van der Waals surface area (Å²) in [4.78, 5) is 50.0. The summed E-state index contributed by atoms with van der Waals surface area (Å²) < 4.78 is 10.3. The number of nitro groups is 1. The van der Waals surface area contributed by atoms with E-state index in [1.165, 1.54) is 23.9 Å². The van der Waals surface area contributed by atoms with Crippen LogP contribution in [0, 0.1) is 10.1 Å². The molecule has 2 amide bonds. The van der Waals surface area contributed by atoms with Gasteiger partial charge < -0.3 is 14.4 Å². The highest BCUT2D eigenvalue weighted by Gasteiger charge is 2.23. The predicted octanol–water partition coefficient (Wildman–Crippen LogP) is 2.41. The molecular weight excluding hydrogens is 450 g/mol. The first-order valence-corrected chi connectivity index (χ1v) is 11.2. The van der Waals surface area contributed by atoms with Crippen molar-refractivity contribution < 1.29 is 28.8 Å². The fraction of sp³-hybridized carbons (Fsp3) is 0.318. The second-order valence-corrected chi connectivity index (χ2v) is 8.19. The third-order valence-corrected chi connectivity index (χ3v) is 5.73. The minimum Gasteiger partial charge on any atom is -0.452 e. The van der Waals surface area contributed by atoms with Gasteiger partial charge >= 0.3 is 5.97 Å². The Morgan fingerprint density at radius 1 is 1.09 bits per heavy atom. The van der Waals surface area contributed by atoms with E-state index in [2.05, 4.69) is 5.32 Å². The molecule has 0 atom stereocenters. The smallest absolute Gasteiger partial charge is 0.341 e. The Kier molecular flexibility index (Phi) is 8.79. The van der Waals surface area contributed by atoms with Crippen LogP contribution >= 0.6 is 11.8 Å². The Morgan fingerprint density at radius 2 is 1.82 bits per heavy atom. The number of carbonyl (C=O) groups is 3. The van der Waals surface area contributed by atoms with Crippen molar-refractivity contribution in [2.24, 2.45) is 0 Å². The van der Waals surface area contributed by atoms with Crippen LogP contribution in [0.3, 0.4) is 0 Å². The third kappa shape index (κ3) is 7.29. The molecule has 1 fully saturated rings. The number of nitrogens with one attached hydrogen (secondary N) is 1. The van der Waals surface area contributed by atoms with Gasteiger partial charge in [0, 0.05) is 42.3 Å². The highest BCUT2D eigenvalue weighted by atomic mass is 32.2. The van der Waals surface area contributed by atoms with Crippen LogP contribution in [0.15, 0.2) is 53.4 Å². The molecule has 0 bridgehead atoms. The van der Waals surface area contributed by atoms with E-state index in [9.17, 15) is 24.5 Å². The fourth-order valence-corrected chi connectivity index (χ4v) is 4.00. The number of morpholine rings is 1. The number of non-ortho nitro benzene ring substituents is 1. The van der Waals surface area contributed by atoms with Crippen LogP contribution < -0.4 is 10.2 Å². The molecule has 1 heterocycles. The van der Waals surface area contributed by atoms with Crippen LogP contribution in [0.25, 0.3) is 0 Å². The van der Waals surface area contributed by atoms with Gasteiger partial charge in [0.2, 0.25) is 5.91 Å². The fourth-order valence-electron chi connectivity index (χ4n) is 3.12. The number of nitro benzene ring substituents is 1. The van der Waals surface area contributed by atoms with E-state index in [0.717, 1.165) is 11.0 Å². The van der Waals surface area contributed by atoms with Gasteiger partial charge in [-0.15, -0.1) is 11.8 Å². The van der Waals surface area contributed by atoms with E-state index in [1.807, 2.05) is 35.2 Å². The van der Waals surface area contributed by atoms with Gasteiger partial charge in [0.05, 0.1) is 29.4 Å². The summed E-state index contributed by atoms with van der Waals surface area (Å²) in [7, 11) is 0. The number of hydrogen-bond acceptors (Lipinski definition) is 9. The molecule has 0 unspecified atom stereocenters. The average molecular weight is 474 g/mol. The molecule has 0 radical (unpaired) electrons. The van der Waals surface area contributed by atoms with Gasteiger partial charge in [0.1, 0.15) is 0 Å². The van der Waals surface area contributed by atoms with Gasteiger partial charge in [-0.2, -0.15) is 0 Å². The number of rotatable bonds is 9. The molecule has 1 aliphatic rings. The number of nitrogens with zero attached hydrogens (tertiary/aromatic N) is 2. The van der Waals surface area contributed by atoms with Crippen molar-refractivity contribution in [3.8, 4) is 0 Å². The van der Waals surface area contributed by atoms with Crippen LogP contribution in [0.2, 0.25) is 0 Å². The molecule has 0 aromatic heterocycles. The van der Waals surface area contributed by atoms with Gasteiger partial charge in [0.25, 0.3) is 11.6 Å². The number of esters is 1. The van der Waals surface area contributed by atoms with Crippen molar-refractivity contribution in [3.05, 3.63) is 64.2 Å². The zero-order valence-electron chi connectivity index (χ0n) is 17.7. The minimum atomic E-state index is -0.887. The minimum absolute atomic E-state index is 0.0236. The normalized spacial score (nSPS) is 13.3. The summed E-state index contributed by atoms with van der Waals surface area (Å²) in [5, 5.41) is 13.3. The SMILES string of the molecule is O=C(CCSc1ccccc1)NC(=O)COC(=O)c1cc([N+](=O)[O-])ccc1N1CCOCC1. The summed E-state index contributed by atoms with van der Waals surface area (Å²) in [6.45, 7) is 1.25. The summed E-state index contributed by atoms with van der Waals surface area (Å²) in [6, 6.07) is 13.4. The largest absolute Gasteiger partial charge is 0.452 e. The van der Waals surface area contributed by atoms with E-state index >= 15 is 0 Å². The Labute approximate surface area is 194 Å². The first-order valence-electron chi connectivity index (χ1n) is 10.2. The number of anilines is 1. The Hall–Kier alpha value is -3.44. The van der Waals surface area contributed by atoms with Gasteiger partial charge in [-0.3, -0.25) is 25.0 Å². The summed E-state index contributed by atoms with van der Waals surface area (Å²) >= 11 is 1.48. The van der Waals surface area contributed by atoms with Crippen molar-refractivity contribution in [2.75, 3.05) is 43.6 Å². The standard InChI is InChI=1S/C22H23N3O7S/c26-20(8-13-33-17-4-2-1-3-5-17)23-21(27)15-32-22(28)18-14-16(25(29)30)6-7-19(18)24-9-11-31-12-10-24/h1-7,14H,8-13,15H2,(H,23,26,27). The van der Waals surface area contributed by atoms with Crippen LogP contribution in [-0.4, -0.2) is 61.4 Å². The molecule has 2 aromatic rings. The molecule has 1 saturated heterocycles. The van der Waals surface area contributed by atoms with Crippen LogP contribution in [0.4, 0.5) is 11.4 Å². The molecule has 174 valence electrons. The molecule has 0 aliphatic carbocycles. The molecule has 11 heteroatoms. The highest BCUT2D eigenvalue weighted by Crippen LogP contribution is 2.27. The van der Waals surface area contributed by atoms with E-state index in [0.29, 0.717) is 37.7 Å². The molecule has 10 nitrogen and oxygen atoms in total. The summed E-state index contributed by atoms with van der Waals surface area (Å²) in [5.41, 5.74) is 0.169. The van der Waals surface area contributed by atoms with Crippen molar-refractivity contribution >= 4 is 40.9 Å². The van der Waals surface area contributed by atoms with Crippen LogP contribution in [-0.2, 0) is 19.1 Å². The third-order valence-electron chi connectivity index (χ3n) is 4.72. The van der Waals surface area contributed by atoms with Crippen LogP contribution in [0.5, 0.6) is 0 Å². The topological polar surface area (TPSA) is 128 Å². The maximum Gasteiger partial charge on any atom is 0.341 e. The molecule has 1 N–H and O–H groups in total. The van der Waals surface area contributed by atoms with E-state index < -0.39 is 29.3 Å². The first kappa shape index (κ1) is 24.2. The lowest BCUT2D eigenvalue weighted by molar-refractivity contribution is -0.384. The summed E-state index contributed by atoms with van der Waals surface area (Å²) in [6.07, 6.45) is 0.116. The number of ether oxygens (including phenoxy) is 2. The Balaban J connectivity index is 1.53. The second-order valence-electron chi connectivity index (χ2n) is 7.02. The van der Waals surface area contributed by atoms with Crippen molar-refractivity contribution in [2.45, 2.75) is 11.3 Å². The number of imide groups is 1. The van der Waals surface area contributed by atoms with Gasteiger partial charge in [-0.25, -0.2) is 4.79 Å². The molecule has 1 aliphatic heterocycles. The van der Waals surface area contributed by atoms with Gasteiger partial charge in [-0.1, -0.05) is 18.2 Å². The lowest BCUT2D eigenvalue weighted by Crippen LogP contribution is -2.37. The van der Waals surface area contributed by atoms with Crippen LogP contribution in [0.1, 0.15) is 16.8 Å². The molecule has 33 heavy (non-hydrogen) atoms. The first-order chi connectivity index (χ1) is 15.9. The zero-order valence-corrected chi connectivity index (χ0v) is 18.5. The lowest BCUT2D eigenvalue weighted by atomic mass is 10.1. The zero-order chi connectivity index (χ0) is 23.6. The Bertz CT molecular complexity index is 1010. The number of carbonyl (C=O) groups excluding carboxylic acids is 3. The maximum absolute atomic E-state index is 12.6. The summed E-state index contributed by atoms with van der Waals surface area (Å²) in [5.74, 6) is -1.65. The van der Waals surface area contributed by atoms with E-state index in [-0.39, 0.29) is 17.7 Å². The van der Waals surface area contributed by atoms with E-state index in [1.54, 1.807) is 0 Å². The number of benzene rings is 2. The van der Waals surface area contributed by atoms with Gasteiger partial charge in [-0.05, 0) is 18.2 Å². The lowest BCUT2D eigenvalue weighted by Gasteiger charge is -2.30. The van der Waals surface area contributed by atoms with Gasteiger partial charge in [0.15, 0.2) is 6.61 Å². The van der Waals surface area contributed by atoms with Crippen molar-refractivity contribution in [1.29, 1.82) is 0 Å². The second kappa shape index (κ2) is 12.0. The molecule has 0 saturated carbocycles. The maximum atomic E-state index is 12.6. The number of amides is 2. The monoisotopic (exact) mass is 473 g/mol. The van der Waals surface area contributed by atoms with Crippen molar-refractivity contribution in [3.63, 3.8) is 0 Å². The van der Waals surface area contributed by atoms with E-state index in [4.69, 9.17) is 9.47 Å². The predicted molar refractivity (Wildman–Crippen MR) is 121 cm³/mol. The average Bonchev–Trinajstić information content (AvgIpc) is 2.83.